The van der Waals surface area contributed by atoms with Gasteiger partial charge in [0, 0.05) is 6.04 Å². The van der Waals surface area contributed by atoms with Crippen molar-refractivity contribution in [3.8, 4) is 0 Å². The fraction of sp³-hybridized carbons (Fsp3) is 1.00. The molecule has 0 aliphatic heterocycles. The van der Waals surface area contributed by atoms with Crippen molar-refractivity contribution in [3.63, 3.8) is 0 Å². The Bertz CT molecular complexity index is 161. The summed E-state index contributed by atoms with van der Waals surface area (Å²) >= 11 is 0. The first kappa shape index (κ1) is 12.9. The van der Waals surface area contributed by atoms with Crippen LogP contribution in [0.25, 0.3) is 0 Å². The molecule has 0 radical (unpaired) electrons. The maximum Gasteiger partial charge on any atom is 0.0633 e. The molecule has 1 aliphatic rings. The van der Waals surface area contributed by atoms with E-state index in [9.17, 15) is 10.2 Å². The van der Waals surface area contributed by atoms with E-state index in [1.54, 1.807) is 0 Å². The van der Waals surface area contributed by atoms with Gasteiger partial charge >= 0.3 is 0 Å². The average molecular weight is 215 g/mol. The van der Waals surface area contributed by atoms with E-state index >= 15 is 0 Å². The van der Waals surface area contributed by atoms with Crippen molar-refractivity contribution in [2.24, 2.45) is 0 Å². The van der Waals surface area contributed by atoms with Crippen LogP contribution in [0.4, 0.5) is 0 Å². The predicted molar refractivity (Wildman–Crippen MR) is 61.8 cm³/mol. The number of aliphatic hydroxyl groups excluding tert-OH is 2. The van der Waals surface area contributed by atoms with E-state index < -0.39 is 5.54 Å². The summed E-state index contributed by atoms with van der Waals surface area (Å²) in [6.45, 7) is 1.88. The van der Waals surface area contributed by atoms with Crippen LogP contribution in [0, 0.1) is 0 Å². The van der Waals surface area contributed by atoms with Crippen molar-refractivity contribution < 1.29 is 10.2 Å². The number of aliphatic hydroxyl groups is 2. The lowest BCUT2D eigenvalue weighted by Gasteiger charge is -2.33. The highest BCUT2D eigenvalue weighted by Crippen LogP contribution is 2.19. The van der Waals surface area contributed by atoms with Gasteiger partial charge in [-0.05, 0) is 19.8 Å². The molecule has 90 valence electrons. The van der Waals surface area contributed by atoms with Crippen LogP contribution in [0.5, 0.6) is 0 Å². The lowest BCUT2D eigenvalue weighted by atomic mass is 9.94. The van der Waals surface area contributed by atoms with Gasteiger partial charge in [0.15, 0.2) is 0 Å². The highest BCUT2D eigenvalue weighted by molar-refractivity contribution is 4.86. The molecule has 1 rings (SSSR count). The van der Waals surface area contributed by atoms with Crippen LogP contribution in [0.3, 0.4) is 0 Å². The monoisotopic (exact) mass is 215 g/mol. The van der Waals surface area contributed by atoms with Crippen LogP contribution in [-0.2, 0) is 0 Å². The zero-order valence-corrected chi connectivity index (χ0v) is 9.84. The van der Waals surface area contributed by atoms with Crippen LogP contribution in [0.1, 0.15) is 51.9 Å². The average Bonchev–Trinajstić information content (AvgIpc) is 2.22. The van der Waals surface area contributed by atoms with Gasteiger partial charge in [-0.1, -0.05) is 32.1 Å². The maximum atomic E-state index is 9.22. The molecule has 0 bridgehead atoms. The molecule has 0 saturated heterocycles. The van der Waals surface area contributed by atoms with Crippen molar-refractivity contribution in [2.75, 3.05) is 13.2 Å². The van der Waals surface area contributed by atoms with E-state index in [4.69, 9.17) is 0 Å². The molecule has 3 nitrogen and oxygen atoms in total. The summed E-state index contributed by atoms with van der Waals surface area (Å²) in [4.78, 5) is 0. The van der Waals surface area contributed by atoms with Gasteiger partial charge in [0.25, 0.3) is 0 Å². The van der Waals surface area contributed by atoms with Crippen molar-refractivity contribution in [2.45, 2.75) is 63.5 Å². The summed E-state index contributed by atoms with van der Waals surface area (Å²) in [7, 11) is 0. The van der Waals surface area contributed by atoms with Crippen molar-refractivity contribution in [1.82, 2.24) is 5.32 Å². The Morgan fingerprint density at radius 3 is 1.93 bits per heavy atom. The summed E-state index contributed by atoms with van der Waals surface area (Å²) in [5.74, 6) is 0. The molecular formula is C12H25NO2. The van der Waals surface area contributed by atoms with Gasteiger partial charge < -0.3 is 15.5 Å². The first-order valence-electron chi connectivity index (χ1n) is 6.19. The summed E-state index contributed by atoms with van der Waals surface area (Å²) in [6.07, 6.45) is 8.91. The largest absolute Gasteiger partial charge is 0.394 e. The highest BCUT2D eigenvalue weighted by Gasteiger charge is 2.25. The molecule has 0 aromatic heterocycles. The second kappa shape index (κ2) is 6.46. The minimum absolute atomic E-state index is 0. The molecule has 0 aromatic carbocycles. The summed E-state index contributed by atoms with van der Waals surface area (Å²) in [5.41, 5.74) is -0.510. The Labute approximate surface area is 92.9 Å². The van der Waals surface area contributed by atoms with Crippen LogP contribution in [0.15, 0.2) is 0 Å². The molecule has 3 heteroatoms. The van der Waals surface area contributed by atoms with E-state index in [1.807, 2.05) is 6.92 Å². The van der Waals surface area contributed by atoms with Gasteiger partial charge in [-0.2, -0.15) is 0 Å². The predicted octanol–water partition coefficient (Wildman–Crippen LogP) is 1.43. The first-order valence-corrected chi connectivity index (χ1v) is 6.19. The minimum Gasteiger partial charge on any atom is -0.394 e. The fourth-order valence-corrected chi connectivity index (χ4v) is 2.23. The van der Waals surface area contributed by atoms with E-state index in [1.165, 1.54) is 44.9 Å². The number of hydrogen-bond acceptors (Lipinski definition) is 3. The minimum atomic E-state index is -0.510. The van der Waals surface area contributed by atoms with Crippen LogP contribution in [0.2, 0.25) is 0 Å². The lowest BCUT2D eigenvalue weighted by molar-refractivity contribution is 0.0900. The molecule has 1 saturated carbocycles. The number of hydrogen-bond donors (Lipinski definition) is 3. The van der Waals surface area contributed by atoms with E-state index in [0.29, 0.717) is 6.04 Å². The Morgan fingerprint density at radius 1 is 1.00 bits per heavy atom. The zero-order valence-electron chi connectivity index (χ0n) is 9.84. The normalized spacial score (nSPS) is 21.0. The molecule has 0 heterocycles. The lowest BCUT2D eigenvalue weighted by Crippen LogP contribution is -2.53. The van der Waals surface area contributed by atoms with E-state index in [2.05, 4.69) is 5.32 Å². The molecule has 1 aliphatic carbocycles. The summed E-state index contributed by atoms with van der Waals surface area (Å²) < 4.78 is 0. The third-order valence-corrected chi connectivity index (χ3v) is 3.36. The van der Waals surface area contributed by atoms with Gasteiger partial charge in [0.05, 0.1) is 18.8 Å². The van der Waals surface area contributed by atoms with Gasteiger partial charge in [-0.3, -0.25) is 0 Å². The SMILES string of the molecule is CC(CO)(CO)NC1CCCCCCC1. The van der Waals surface area contributed by atoms with E-state index in [0.717, 1.165) is 0 Å². The topological polar surface area (TPSA) is 52.5 Å². The molecule has 1 fully saturated rings. The molecular weight excluding hydrogens is 190 g/mol. The Balaban J connectivity index is 2.39. The van der Waals surface area contributed by atoms with Gasteiger partial charge in [0.1, 0.15) is 0 Å². The van der Waals surface area contributed by atoms with Crippen LogP contribution >= 0.6 is 0 Å². The van der Waals surface area contributed by atoms with Gasteiger partial charge in [0.2, 0.25) is 0 Å². The molecule has 0 aromatic rings. The van der Waals surface area contributed by atoms with Crippen molar-refractivity contribution in [1.29, 1.82) is 0 Å². The van der Waals surface area contributed by atoms with Crippen LogP contribution < -0.4 is 5.32 Å². The third-order valence-electron chi connectivity index (χ3n) is 3.36. The Morgan fingerprint density at radius 2 is 1.47 bits per heavy atom. The Kier molecular flexibility index (Phi) is 5.58. The summed E-state index contributed by atoms with van der Waals surface area (Å²) in [5, 5.41) is 21.8. The Hall–Kier alpha value is -0.120. The molecule has 0 atom stereocenters. The molecule has 0 spiro atoms. The maximum absolute atomic E-state index is 9.22. The standard InChI is InChI=1S/C12H25NO2/c1-12(9-14,10-15)13-11-7-5-3-2-4-6-8-11/h11,13-15H,2-10H2,1H3. The van der Waals surface area contributed by atoms with Crippen molar-refractivity contribution >= 4 is 0 Å². The number of rotatable bonds is 4. The molecule has 3 N–H and O–H groups in total. The summed E-state index contributed by atoms with van der Waals surface area (Å²) in [6, 6.07) is 0.467. The van der Waals surface area contributed by atoms with Gasteiger partial charge in [-0.15, -0.1) is 0 Å². The highest BCUT2D eigenvalue weighted by atomic mass is 16.3. The van der Waals surface area contributed by atoms with E-state index in [-0.39, 0.29) is 13.2 Å². The van der Waals surface area contributed by atoms with Crippen LogP contribution in [-0.4, -0.2) is 35.0 Å². The molecule has 0 amide bonds. The molecule has 0 unspecified atom stereocenters. The fourth-order valence-electron chi connectivity index (χ4n) is 2.23. The third kappa shape index (κ3) is 4.49. The molecule has 15 heavy (non-hydrogen) atoms. The second-order valence-electron chi connectivity index (χ2n) is 5.06. The second-order valence-corrected chi connectivity index (χ2v) is 5.06. The smallest absolute Gasteiger partial charge is 0.0633 e. The quantitative estimate of drug-likeness (QED) is 0.665. The van der Waals surface area contributed by atoms with Crippen molar-refractivity contribution in [3.05, 3.63) is 0 Å². The number of nitrogens with one attached hydrogen (secondary N) is 1. The first-order chi connectivity index (χ1) is 7.20. The zero-order chi connectivity index (χ0) is 11.1. The van der Waals surface area contributed by atoms with Gasteiger partial charge in [-0.25, -0.2) is 0 Å².